The van der Waals surface area contributed by atoms with Crippen LogP contribution in [-0.2, 0) is 17.0 Å². The van der Waals surface area contributed by atoms with E-state index in [9.17, 15) is 18.0 Å². The van der Waals surface area contributed by atoms with Crippen molar-refractivity contribution in [2.24, 2.45) is 5.16 Å². The third-order valence-electron chi connectivity index (χ3n) is 4.64. The lowest BCUT2D eigenvalue weighted by Crippen LogP contribution is -2.42. The Labute approximate surface area is 161 Å². The third kappa shape index (κ3) is 2.95. The van der Waals surface area contributed by atoms with Gasteiger partial charge in [0.1, 0.15) is 0 Å². The van der Waals surface area contributed by atoms with Crippen LogP contribution in [0.1, 0.15) is 33.5 Å². The molecule has 0 aliphatic carbocycles. The van der Waals surface area contributed by atoms with Gasteiger partial charge in [-0.3, -0.25) is 4.79 Å². The van der Waals surface area contributed by atoms with Gasteiger partial charge in [0.15, 0.2) is 0 Å². The molecule has 2 aromatic carbocycles. The highest BCUT2D eigenvalue weighted by atomic mass is 35.5. The summed E-state index contributed by atoms with van der Waals surface area (Å²) < 4.78 is 42.0. The van der Waals surface area contributed by atoms with Crippen LogP contribution in [0.5, 0.6) is 0 Å². The number of fused-ring (bicyclic) bond motifs is 1. The summed E-state index contributed by atoms with van der Waals surface area (Å²) in [5.41, 5.74) is -1.10. The fraction of sp³-hybridized carbons (Fsp3) is 0.222. The molecule has 1 amide bonds. The number of halogens is 5. The van der Waals surface area contributed by atoms with Gasteiger partial charge in [-0.25, -0.2) is 0 Å². The number of hydrogen-bond donors (Lipinski definition) is 1. The predicted molar refractivity (Wildman–Crippen MR) is 94.0 cm³/mol. The molecule has 0 spiro atoms. The van der Waals surface area contributed by atoms with E-state index in [0.29, 0.717) is 23.2 Å². The number of nitrogens with one attached hydrogen (secondary N) is 1. The van der Waals surface area contributed by atoms with Crippen LogP contribution in [0.25, 0.3) is 0 Å². The molecule has 2 aromatic rings. The second-order valence-electron chi connectivity index (χ2n) is 6.34. The Hall–Kier alpha value is -2.25. The maximum absolute atomic E-state index is 14.0. The van der Waals surface area contributed by atoms with E-state index in [0.717, 1.165) is 0 Å². The van der Waals surface area contributed by atoms with Gasteiger partial charge in [-0.15, -0.1) is 0 Å². The van der Waals surface area contributed by atoms with Gasteiger partial charge in [-0.2, -0.15) is 13.2 Å². The first kappa shape index (κ1) is 18.1. The van der Waals surface area contributed by atoms with E-state index in [2.05, 4.69) is 10.5 Å². The summed E-state index contributed by atoms with van der Waals surface area (Å²) in [5, 5.41) is 6.51. The van der Waals surface area contributed by atoms with E-state index in [4.69, 9.17) is 28.0 Å². The molecule has 4 nitrogen and oxygen atoms in total. The van der Waals surface area contributed by atoms with Gasteiger partial charge in [0.2, 0.25) is 0 Å². The Morgan fingerprint density at radius 1 is 1.11 bits per heavy atom. The molecule has 0 radical (unpaired) electrons. The molecule has 2 aliphatic rings. The first-order valence-electron chi connectivity index (χ1n) is 7.89. The lowest BCUT2D eigenvalue weighted by molar-refractivity contribution is -0.275. The number of rotatable bonds is 2. The fourth-order valence-corrected chi connectivity index (χ4v) is 3.78. The highest BCUT2D eigenvalue weighted by Gasteiger charge is 2.62. The molecule has 1 atom stereocenters. The summed E-state index contributed by atoms with van der Waals surface area (Å²) in [7, 11) is 0. The van der Waals surface area contributed by atoms with E-state index >= 15 is 0 Å². The SMILES string of the molecule is O=C1NCc2cc(C3=NOC(c4cc(Cl)cc(Cl)c4)(C(F)(F)F)C3)ccc21. The Morgan fingerprint density at radius 3 is 2.48 bits per heavy atom. The number of oxime groups is 1. The lowest BCUT2D eigenvalue weighted by atomic mass is 9.86. The zero-order valence-electron chi connectivity index (χ0n) is 13.5. The number of alkyl halides is 3. The number of hydrogen-bond acceptors (Lipinski definition) is 3. The Balaban J connectivity index is 1.73. The lowest BCUT2D eigenvalue weighted by Gasteiger charge is -2.29. The summed E-state index contributed by atoms with van der Waals surface area (Å²) in [5.74, 6) is -0.209. The fourth-order valence-electron chi connectivity index (χ4n) is 3.26. The van der Waals surface area contributed by atoms with Gasteiger partial charge in [-0.1, -0.05) is 34.4 Å². The van der Waals surface area contributed by atoms with E-state index in [1.54, 1.807) is 18.2 Å². The van der Waals surface area contributed by atoms with Crippen LogP contribution in [0.2, 0.25) is 10.0 Å². The zero-order valence-corrected chi connectivity index (χ0v) is 15.0. The summed E-state index contributed by atoms with van der Waals surface area (Å²) in [6.45, 7) is 0.324. The number of nitrogens with zero attached hydrogens (tertiary/aromatic N) is 1. The largest absolute Gasteiger partial charge is 0.435 e. The minimum Gasteiger partial charge on any atom is -0.374 e. The summed E-state index contributed by atoms with van der Waals surface area (Å²) in [6.07, 6.45) is -5.28. The summed E-state index contributed by atoms with van der Waals surface area (Å²) in [4.78, 5) is 16.6. The van der Waals surface area contributed by atoms with E-state index in [-0.39, 0.29) is 27.2 Å². The molecule has 0 bridgehead atoms. The van der Waals surface area contributed by atoms with Crippen molar-refractivity contribution in [1.82, 2.24) is 5.32 Å². The number of carbonyl (C=O) groups excluding carboxylic acids is 1. The van der Waals surface area contributed by atoms with Crippen LogP contribution in [0.4, 0.5) is 13.2 Å². The predicted octanol–water partition coefficient (Wildman–Crippen LogP) is 4.82. The molecule has 140 valence electrons. The maximum Gasteiger partial charge on any atom is 0.435 e. The van der Waals surface area contributed by atoms with Gasteiger partial charge < -0.3 is 10.2 Å². The number of carbonyl (C=O) groups is 1. The molecule has 2 aliphatic heterocycles. The second-order valence-corrected chi connectivity index (χ2v) is 7.22. The average molecular weight is 415 g/mol. The molecular weight excluding hydrogens is 404 g/mol. The van der Waals surface area contributed by atoms with Crippen molar-refractivity contribution in [1.29, 1.82) is 0 Å². The molecule has 9 heteroatoms. The minimum atomic E-state index is -4.75. The molecule has 4 rings (SSSR count). The van der Waals surface area contributed by atoms with Gasteiger partial charge in [0.25, 0.3) is 11.5 Å². The normalized spacial score (nSPS) is 21.5. The van der Waals surface area contributed by atoms with Crippen LogP contribution < -0.4 is 5.32 Å². The van der Waals surface area contributed by atoms with Crippen molar-refractivity contribution in [3.05, 3.63) is 68.7 Å². The minimum absolute atomic E-state index is 0.0697. The van der Waals surface area contributed by atoms with Gasteiger partial charge in [-0.05, 0) is 41.5 Å². The van der Waals surface area contributed by atoms with Crippen molar-refractivity contribution >= 4 is 34.8 Å². The number of benzene rings is 2. The van der Waals surface area contributed by atoms with Crippen LogP contribution in [0, 0.1) is 0 Å². The highest BCUT2D eigenvalue weighted by molar-refractivity contribution is 6.34. The first-order valence-corrected chi connectivity index (χ1v) is 8.65. The summed E-state index contributed by atoms with van der Waals surface area (Å²) >= 11 is 11.8. The molecule has 0 saturated carbocycles. The third-order valence-corrected chi connectivity index (χ3v) is 5.07. The van der Waals surface area contributed by atoms with Crippen molar-refractivity contribution in [3.8, 4) is 0 Å². The topological polar surface area (TPSA) is 50.7 Å². The maximum atomic E-state index is 14.0. The van der Waals surface area contributed by atoms with Crippen molar-refractivity contribution in [3.63, 3.8) is 0 Å². The molecular formula is C18H11Cl2F3N2O2. The van der Waals surface area contributed by atoms with Crippen molar-refractivity contribution in [2.45, 2.75) is 24.7 Å². The molecule has 1 unspecified atom stereocenters. The van der Waals surface area contributed by atoms with Gasteiger partial charge >= 0.3 is 6.18 Å². The molecule has 0 aromatic heterocycles. The van der Waals surface area contributed by atoms with Crippen LogP contribution in [0.15, 0.2) is 41.6 Å². The van der Waals surface area contributed by atoms with E-state index < -0.39 is 18.2 Å². The molecule has 2 heterocycles. The average Bonchev–Trinajstić information content (AvgIpc) is 3.19. The van der Waals surface area contributed by atoms with Gasteiger partial charge in [0.05, 0.1) is 5.71 Å². The van der Waals surface area contributed by atoms with Crippen molar-refractivity contribution < 1.29 is 22.8 Å². The summed E-state index contributed by atoms with van der Waals surface area (Å²) in [6, 6.07) is 8.46. The smallest absolute Gasteiger partial charge is 0.374 e. The van der Waals surface area contributed by atoms with Crippen LogP contribution in [-0.4, -0.2) is 17.8 Å². The monoisotopic (exact) mass is 414 g/mol. The van der Waals surface area contributed by atoms with Gasteiger partial charge in [0, 0.05) is 34.1 Å². The van der Waals surface area contributed by atoms with E-state index in [1.807, 2.05) is 0 Å². The first-order chi connectivity index (χ1) is 12.7. The van der Waals surface area contributed by atoms with Crippen LogP contribution >= 0.6 is 23.2 Å². The molecule has 1 N–H and O–H groups in total. The Kier molecular flexibility index (Phi) is 4.12. The van der Waals surface area contributed by atoms with Crippen LogP contribution in [0.3, 0.4) is 0 Å². The standard InChI is InChI=1S/C18H11Cl2F3N2O2/c19-12-4-11(5-13(20)6-12)17(18(21,22)23)7-15(25-27-17)9-1-2-14-10(3-9)8-24-16(14)26/h1-6H,7-8H2,(H,24,26). The Bertz CT molecular complexity index is 971. The molecule has 0 fully saturated rings. The quantitative estimate of drug-likeness (QED) is 0.765. The second kappa shape index (κ2) is 6.14. The van der Waals surface area contributed by atoms with Crippen molar-refractivity contribution in [2.75, 3.05) is 0 Å². The van der Waals surface area contributed by atoms with E-state index in [1.165, 1.54) is 18.2 Å². The molecule has 27 heavy (non-hydrogen) atoms. The zero-order chi connectivity index (χ0) is 19.4. The highest BCUT2D eigenvalue weighted by Crippen LogP contribution is 2.49. The number of amides is 1. The molecule has 0 saturated heterocycles. The Morgan fingerprint density at radius 2 is 1.81 bits per heavy atom.